The molecule has 1 fully saturated rings. The summed E-state index contributed by atoms with van der Waals surface area (Å²) >= 11 is 0. The standard InChI is InChI=1S/C22H22F3N7O/c1-13-16(22(23,24)25)4-3-5-17(13)29-20-14(2)28-21-15(18-11-26-12-27-18)10-19(30-32(20)21)31-6-8-33-9-7-31/h3-5,10-12,29H,6-9H2,1-2H3,(H,26,27). The summed E-state index contributed by atoms with van der Waals surface area (Å²) in [5, 5.41) is 7.94. The smallest absolute Gasteiger partial charge is 0.378 e. The van der Waals surface area contributed by atoms with Crippen LogP contribution in [0.25, 0.3) is 16.9 Å². The molecule has 0 radical (unpaired) electrons. The minimum atomic E-state index is -4.44. The van der Waals surface area contributed by atoms with Crippen LogP contribution in [0.4, 0.5) is 30.5 Å². The Morgan fingerprint density at radius 1 is 1.15 bits per heavy atom. The van der Waals surface area contributed by atoms with Crippen LogP contribution >= 0.6 is 0 Å². The zero-order valence-electron chi connectivity index (χ0n) is 18.1. The Morgan fingerprint density at radius 2 is 1.94 bits per heavy atom. The predicted octanol–water partition coefficient (Wildman–Crippen LogP) is 4.34. The number of hydrogen-bond donors (Lipinski definition) is 2. The monoisotopic (exact) mass is 457 g/mol. The van der Waals surface area contributed by atoms with Crippen molar-refractivity contribution in [3.63, 3.8) is 0 Å². The normalized spacial score (nSPS) is 14.8. The molecule has 33 heavy (non-hydrogen) atoms. The highest BCUT2D eigenvalue weighted by Crippen LogP contribution is 2.36. The van der Waals surface area contributed by atoms with Gasteiger partial charge in [0.2, 0.25) is 0 Å². The Morgan fingerprint density at radius 3 is 2.64 bits per heavy atom. The van der Waals surface area contributed by atoms with Gasteiger partial charge >= 0.3 is 6.18 Å². The molecule has 0 bridgehead atoms. The number of hydrogen-bond acceptors (Lipinski definition) is 6. The maximum Gasteiger partial charge on any atom is 0.416 e. The van der Waals surface area contributed by atoms with E-state index in [9.17, 15) is 13.2 Å². The van der Waals surface area contributed by atoms with Gasteiger partial charge in [0.15, 0.2) is 17.3 Å². The first-order valence-electron chi connectivity index (χ1n) is 10.5. The number of anilines is 3. The second kappa shape index (κ2) is 8.07. The molecule has 3 aromatic heterocycles. The minimum Gasteiger partial charge on any atom is -0.378 e. The number of alkyl halides is 3. The van der Waals surface area contributed by atoms with Gasteiger partial charge in [0.05, 0.1) is 42.7 Å². The van der Waals surface area contributed by atoms with E-state index in [4.69, 9.17) is 9.84 Å². The molecule has 1 aromatic carbocycles. The number of rotatable bonds is 4. The number of nitrogens with zero attached hydrogens (tertiary/aromatic N) is 5. The lowest BCUT2D eigenvalue weighted by atomic mass is 10.1. The second-order valence-corrected chi connectivity index (χ2v) is 7.86. The van der Waals surface area contributed by atoms with Gasteiger partial charge in [-0.15, -0.1) is 5.10 Å². The maximum atomic E-state index is 13.4. The quantitative estimate of drug-likeness (QED) is 0.475. The molecule has 8 nitrogen and oxygen atoms in total. The molecule has 11 heteroatoms. The number of imidazole rings is 2. The van der Waals surface area contributed by atoms with Crippen molar-refractivity contribution in [2.45, 2.75) is 20.0 Å². The number of fused-ring (bicyclic) bond motifs is 1. The zero-order valence-corrected chi connectivity index (χ0v) is 18.1. The fraction of sp³-hybridized carbons (Fsp3) is 0.318. The Hall–Kier alpha value is -3.60. The third-order valence-electron chi connectivity index (χ3n) is 5.76. The molecule has 1 aliphatic rings. The highest BCUT2D eigenvalue weighted by Gasteiger charge is 2.33. The number of H-pyrrole nitrogens is 1. The van der Waals surface area contributed by atoms with Gasteiger partial charge in [-0.2, -0.15) is 17.7 Å². The summed E-state index contributed by atoms with van der Waals surface area (Å²) in [4.78, 5) is 14.0. The number of aryl methyl sites for hydroxylation is 1. The van der Waals surface area contributed by atoms with Crippen molar-refractivity contribution in [2.24, 2.45) is 0 Å². The van der Waals surface area contributed by atoms with Gasteiger partial charge in [0.25, 0.3) is 0 Å². The van der Waals surface area contributed by atoms with Gasteiger partial charge < -0.3 is 19.9 Å². The van der Waals surface area contributed by atoms with E-state index in [0.29, 0.717) is 49.1 Å². The molecule has 4 aromatic rings. The lowest BCUT2D eigenvalue weighted by molar-refractivity contribution is -0.138. The molecule has 0 saturated carbocycles. The number of morpholine rings is 1. The minimum absolute atomic E-state index is 0.109. The molecular formula is C22H22F3N7O. The van der Waals surface area contributed by atoms with E-state index in [-0.39, 0.29) is 5.56 Å². The highest BCUT2D eigenvalue weighted by atomic mass is 19.4. The van der Waals surface area contributed by atoms with Crippen molar-refractivity contribution in [1.29, 1.82) is 0 Å². The number of benzene rings is 1. The molecule has 0 spiro atoms. The van der Waals surface area contributed by atoms with Gasteiger partial charge in [-0.25, -0.2) is 9.97 Å². The van der Waals surface area contributed by atoms with Crippen molar-refractivity contribution in [1.82, 2.24) is 24.6 Å². The van der Waals surface area contributed by atoms with Crippen molar-refractivity contribution >= 4 is 23.0 Å². The highest BCUT2D eigenvalue weighted by molar-refractivity contribution is 5.80. The summed E-state index contributed by atoms with van der Waals surface area (Å²) in [6.45, 7) is 5.80. The molecule has 0 unspecified atom stereocenters. The van der Waals surface area contributed by atoms with Crippen LogP contribution in [0.2, 0.25) is 0 Å². The zero-order chi connectivity index (χ0) is 23.2. The Balaban J connectivity index is 1.66. The molecule has 0 aliphatic carbocycles. The fourth-order valence-electron chi connectivity index (χ4n) is 4.01. The van der Waals surface area contributed by atoms with Crippen LogP contribution in [-0.4, -0.2) is 50.9 Å². The molecule has 1 aliphatic heterocycles. The summed E-state index contributed by atoms with van der Waals surface area (Å²) in [6.07, 6.45) is -1.15. The summed E-state index contributed by atoms with van der Waals surface area (Å²) in [7, 11) is 0. The first-order chi connectivity index (χ1) is 15.8. The number of aromatic amines is 1. The van der Waals surface area contributed by atoms with E-state index in [0.717, 1.165) is 23.1 Å². The topological polar surface area (TPSA) is 83.4 Å². The summed E-state index contributed by atoms with van der Waals surface area (Å²) in [6, 6.07) is 6.03. The van der Waals surface area contributed by atoms with Crippen molar-refractivity contribution in [2.75, 3.05) is 36.5 Å². The van der Waals surface area contributed by atoms with Crippen LogP contribution in [0.5, 0.6) is 0 Å². The van der Waals surface area contributed by atoms with Gasteiger partial charge in [0, 0.05) is 24.3 Å². The molecule has 2 N–H and O–H groups in total. The first-order valence-corrected chi connectivity index (χ1v) is 10.5. The maximum absolute atomic E-state index is 13.4. The Bertz CT molecular complexity index is 1290. The van der Waals surface area contributed by atoms with Crippen LogP contribution in [0.1, 0.15) is 16.8 Å². The van der Waals surface area contributed by atoms with Crippen molar-refractivity contribution < 1.29 is 17.9 Å². The van der Waals surface area contributed by atoms with E-state index in [1.165, 1.54) is 13.0 Å². The van der Waals surface area contributed by atoms with E-state index < -0.39 is 11.7 Å². The first kappa shape index (κ1) is 21.3. The van der Waals surface area contributed by atoms with Crippen molar-refractivity contribution in [3.05, 3.63) is 53.6 Å². The average molecular weight is 457 g/mol. The van der Waals surface area contributed by atoms with Crippen LogP contribution in [0.3, 0.4) is 0 Å². The van der Waals surface area contributed by atoms with Crippen LogP contribution in [0, 0.1) is 13.8 Å². The molecule has 0 amide bonds. The van der Waals surface area contributed by atoms with E-state index in [2.05, 4.69) is 25.2 Å². The molecule has 0 atom stereocenters. The third-order valence-corrected chi connectivity index (χ3v) is 5.76. The fourth-order valence-corrected chi connectivity index (χ4v) is 4.01. The largest absolute Gasteiger partial charge is 0.416 e. The van der Waals surface area contributed by atoms with E-state index >= 15 is 0 Å². The summed E-state index contributed by atoms with van der Waals surface area (Å²) in [5.74, 6) is 1.22. The van der Waals surface area contributed by atoms with Gasteiger partial charge in [-0.05, 0) is 37.6 Å². The van der Waals surface area contributed by atoms with E-state index in [1.807, 2.05) is 6.07 Å². The average Bonchev–Trinajstić information content (AvgIpc) is 3.43. The SMILES string of the molecule is Cc1nc2c(-c3cnc[nH]3)cc(N3CCOCC3)nn2c1Nc1cccc(C(F)(F)F)c1C. The molecule has 172 valence electrons. The summed E-state index contributed by atoms with van der Waals surface area (Å²) < 4.78 is 47.4. The predicted molar refractivity (Wildman–Crippen MR) is 118 cm³/mol. The van der Waals surface area contributed by atoms with Gasteiger partial charge in [-0.1, -0.05) is 6.07 Å². The second-order valence-electron chi connectivity index (χ2n) is 7.86. The third kappa shape index (κ3) is 3.88. The van der Waals surface area contributed by atoms with Crippen LogP contribution in [0.15, 0.2) is 36.8 Å². The van der Waals surface area contributed by atoms with E-state index in [1.54, 1.807) is 30.0 Å². The lowest BCUT2D eigenvalue weighted by Crippen LogP contribution is -2.37. The van der Waals surface area contributed by atoms with Crippen LogP contribution in [-0.2, 0) is 10.9 Å². The van der Waals surface area contributed by atoms with Gasteiger partial charge in [0.1, 0.15) is 0 Å². The number of aromatic nitrogens is 5. The molecule has 5 rings (SSSR count). The Labute approximate surface area is 187 Å². The molecular weight excluding hydrogens is 435 g/mol. The number of halogens is 3. The number of ether oxygens (including phenoxy) is 1. The van der Waals surface area contributed by atoms with Gasteiger partial charge in [-0.3, -0.25) is 0 Å². The van der Waals surface area contributed by atoms with Crippen LogP contribution < -0.4 is 10.2 Å². The Kier molecular flexibility index (Phi) is 5.20. The number of nitrogens with one attached hydrogen (secondary N) is 2. The van der Waals surface area contributed by atoms with Crippen molar-refractivity contribution in [3.8, 4) is 11.3 Å². The summed E-state index contributed by atoms with van der Waals surface area (Å²) in [5.41, 5.74) is 2.51. The molecule has 1 saturated heterocycles. The molecule has 4 heterocycles. The lowest BCUT2D eigenvalue weighted by Gasteiger charge is -2.28.